The lowest BCUT2D eigenvalue weighted by molar-refractivity contribution is 0.0272. The molecule has 3 rings (SSSR count). The average molecular weight is 604 g/mol. The molecule has 1 aliphatic rings. The molecule has 10 nitrogen and oxygen atoms in total. The molecule has 206 valence electrons. The molecule has 1 fully saturated rings. The molecule has 0 radical (unpaired) electrons. The lowest BCUT2D eigenvalue weighted by Gasteiger charge is -2.38. The van der Waals surface area contributed by atoms with Crippen LogP contribution in [0.4, 0.5) is 5.13 Å². The van der Waals surface area contributed by atoms with Crippen LogP contribution in [0.15, 0.2) is 21.3 Å². The van der Waals surface area contributed by atoms with Crippen LogP contribution in [0.2, 0.25) is 10.0 Å². The second-order valence-corrected chi connectivity index (χ2v) is 10.4. The van der Waals surface area contributed by atoms with E-state index in [-0.39, 0.29) is 40.5 Å². The lowest BCUT2D eigenvalue weighted by atomic mass is 10.0. The summed E-state index contributed by atoms with van der Waals surface area (Å²) in [6.07, 6.45) is 1.57. The first kappa shape index (κ1) is 30.1. The van der Waals surface area contributed by atoms with E-state index in [4.69, 9.17) is 49.3 Å². The number of halogens is 3. The summed E-state index contributed by atoms with van der Waals surface area (Å²) in [5, 5.41) is 4.25. The summed E-state index contributed by atoms with van der Waals surface area (Å²) < 4.78 is 11.2. The summed E-state index contributed by atoms with van der Waals surface area (Å²) in [5.41, 5.74) is 1.70. The largest absolute Gasteiger partial charge is 0.462 e. The number of anilines is 1. The second kappa shape index (κ2) is 13.6. The Labute approximate surface area is 240 Å². The van der Waals surface area contributed by atoms with E-state index in [1.807, 2.05) is 11.8 Å². The molecule has 0 aromatic carbocycles. The normalized spacial score (nSPS) is 18.4. The van der Waals surface area contributed by atoms with E-state index in [9.17, 15) is 9.59 Å². The van der Waals surface area contributed by atoms with Crippen LogP contribution in [0.25, 0.3) is 0 Å². The summed E-state index contributed by atoms with van der Waals surface area (Å²) in [6, 6.07) is -0.275. The van der Waals surface area contributed by atoms with E-state index in [1.165, 1.54) is 17.5 Å². The van der Waals surface area contributed by atoms with E-state index >= 15 is 0 Å². The fourth-order valence-corrected chi connectivity index (χ4v) is 5.40. The molecule has 2 aromatic rings. The molecular weight excluding hydrogens is 575 g/mol. The summed E-state index contributed by atoms with van der Waals surface area (Å²) in [7, 11) is 0. The Balaban J connectivity index is 1.84. The molecule has 1 aliphatic heterocycles. The van der Waals surface area contributed by atoms with Gasteiger partial charge < -0.3 is 24.7 Å². The molecule has 38 heavy (non-hydrogen) atoms. The predicted molar refractivity (Wildman–Crippen MR) is 153 cm³/mol. The number of aromatic nitrogens is 2. The van der Waals surface area contributed by atoms with Crippen LogP contribution in [0.5, 0.6) is 0 Å². The Kier molecular flexibility index (Phi) is 10.8. The van der Waals surface area contributed by atoms with Crippen molar-refractivity contribution in [1.82, 2.24) is 15.3 Å². The van der Waals surface area contributed by atoms with Gasteiger partial charge in [-0.3, -0.25) is 14.8 Å². The zero-order chi connectivity index (χ0) is 28.0. The average Bonchev–Trinajstić information content (AvgIpc) is 3.46. The Morgan fingerprint density at radius 1 is 1.32 bits per heavy atom. The fraction of sp³-hybridized carbons (Fsp3) is 0.458. The van der Waals surface area contributed by atoms with Crippen molar-refractivity contribution in [1.29, 1.82) is 0 Å². The van der Waals surface area contributed by atoms with E-state index in [1.54, 1.807) is 20.8 Å². The van der Waals surface area contributed by atoms with Crippen molar-refractivity contribution in [3.8, 4) is 0 Å². The molecule has 0 unspecified atom stereocenters. The Bertz CT molecular complexity index is 1260. The number of carbonyl (C=O) groups is 2. The first-order valence-electron chi connectivity index (χ1n) is 11.9. The number of thiazole rings is 1. The molecular formula is C24H29Cl3N6O4S. The SMILES string of the molecule is C=N/C(Cl)=C\N=C(C)c1nc(N2CC[C@@H](NC(=O)c3[nH]c(C)c(Cl)c3Cl)[C@@H](OCC)C2)sc1C(=O)OCC. The molecule has 0 aliphatic carbocycles. The third-order valence-electron chi connectivity index (χ3n) is 5.74. The number of aryl methyl sites for hydroxylation is 1. The maximum Gasteiger partial charge on any atom is 0.350 e. The van der Waals surface area contributed by atoms with Crippen molar-refractivity contribution in [2.45, 2.75) is 46.3 Å². The molecule has 2 aromatic heterocycles. The minimum atomic E-state index is -0.488. The number of rotatable bonds is 10. The standard InChI is InChI=1S/C24H29Cl3N6O4S/c1-6-36-15-11-33(9-8-14(15)31-22(34)20-18(27)17(26)12(3)30-20)24-32-19(13(4)29-10-16(25)28-5)21(38-24)23(35)37-7-2/h10,14-15,30H,5-9,11H2,1-4H3,(H,31,34)/b16-10-,29-13?/t14-,15+/m1/s1. The van der Waals surface area contributed by atoms with Gasteiger partial charge in [-0.05, 0) is 40.8 Å². The van der Waals surface area contributed by atoms with Gasteiger partial charge in [0.25, 0.3) is 5.91 Å². The van der Waals surface area contributed by atoms with E-state index in [0.717, 1.165) is 0 Å². The number of piperidine rings is 1. The first-order chi connectivity index (χ1) is 18.1. The number of aromatic amines is 1. The zero-order valence-corrected chi connectivity index (χ0v) is 24.5. The van der Waals surface area contributed by atoms with Gasteiger partial charge >= 0.3 is 5.97 Å². The topological polar surface area (TPSA) is 121 Å². The monoisotopic (exact) mass is 602 g/mol. The highest BCUT2D eigenvalue weighted by Crippen LogP contribution is 2.32. The van der Waals surface area contributed by atoms with Crippen LogP contribution >= 0.6 is 46.1 Å². The molecule has 3 heterocycles. The van der Waals surface area contributed by atoms with Crippen LogP contribution in [-0.2, 0) is 9.47 Å². The number of aliphatic imine (C=N–C) groups is 2. The highest BCUT2D eigenvalue weighted by Gasteiger charge is 2.34. The Morgan fingerprint density at radius 2 is 2.05 bits per heavy atom. The van der Waals surface area contributed by atoms with Crippen molar-refractivity contribution < 1.29 is 19.1 Å². The predicted octanol–water partition coefficient (Wildman–Crippen LogP) is 5.22. The first-order valence-corrected chi connectivity index (χ1v) is 13.8. The number of H-pyrrole nitrogens is 1. The molecule has 14 heteroatoms. The summed E-state index contributed by atoms with van der Waals surface area (Å²) >= 11 is 19.4. The number of ether oxygens (including phenoxy) is 2. The van der Waals surface area contributed by atoms with Crippen LogP contribution in [0.3, 0.4) is 0 Å². The molecule has 1 saturated heterocycles. The number of hydrogen-bond acceptors (Lipinski definition) is 9. The molecule has 0 saturated carbocycles. The van der Waals surface area contributed by atoms with Gasteiger partial charge in [0.05, 0.1) is 40.7 Å². The molecule has 1 amide bonds. The fourth-order valence-electron chi connectivity index (χ4n) is 3.88. The smallest absolute Gasteiger partial charge is 0.350 e. The number of amides is 1. The Morgan fingerprint density at radius 3 is 2.66 bits per heavy atom. The van der Waals surface area contributed by atoms with Crippen molar-refractivity contribution in [2.24, 2.45) is 9.98 Å². The maximum atomic E-state index is 12.9. The highest BCUT2D eigenvalue weighted by atomic mass is 35.5. The minimum Gasteiger partial charge on any atom is -0.462 e. The second-order valence-electron chi connectivity index (χ2n) is 8.28. The third kappa shape index (κ3) is 6.95. The number of nitrogens with zero attached hydrogens (tertiary/aromatic N) is 4. The summed E-state index contributed by atoms with van der Waals surface area (Å²) in [4.78, 5) is 43.5. The number of esters is 1. The quantitative estimate of drug-likeness (QED) is 0.218. The van der Waals surface area contributed by atoms with E-state index in [0.29, 0.717) is 58.2 Å². The van der Waals surface area contributed by atoms with Gasteiger partial charge in [0, 0.05) is 25.4 Å². The van der Waals surface area contributed by atoms with Gasteiger partial charge in [-0.2, -0.15) is 0 Å². The minimum absolute atomic E-state index is 0.110. The highest BCUT2D eigenvalue weighted by molar-refractivity contribution is 7.17. The van der Waals surface area contributed by atoms with Gasteiger partial charge in [0.15, 0.2) is 5.13 Å². The maximum absolute atomic E-state index is 12.9. The van der Waals surface area contributed by atoms with Gasteiger partial charge in [-0.1, -0.05) is 46.1 Å². The van der Waals surface area contributed by atoms with Crippen LogP contribution < -0.4 is 10.2 Å². The lowest BCUT2D eigenvalue weighted by Crippen LogP contribution is -2.55. The van der Waals surface area contributed by atoms with Gasteiger partial charge in [-0.25, -0.2) is 9.78 Å². The molecule has 2 atom stereocenters. The zero-order valence-electron chi connectivity index (χ0n) is 21.4. The molecule has 2 N–H and O–H groups in total. The third-order valence-corrected chi connectivity index (χ3v) is 8.00. The van der Waals surface area contributed by atoms with Gasteiger partial charge in [0.1, 0.15) is 21.4 Å². The van der Waals surface area contributed by atoms with Crippen molar-refractivity contribution in [3.05, 3.63) is 43.4 Å². The van der Waals surface area contributed by atoms with Crippen LogP contribution in [0, 0.1) is 6.92 Å². The van der Waals surface area contributed by atoms with Gasteiger partial charge in [0.2, 0.25) is 0 Å². The van der Waals surface area contributed by atoms with Crippen molar-refractivity contribution in [3.63, 3.8) is 0 Å². The molecule has 0 spiro atoms. The number of hydrogen-bond donors (Lipinski definition) is 2. The number of carbonyl (C=O) groups excluding carboxylic acids is 2. The summed E-state index contributed by atoms with van der Waals surface area (Å²) in [5.74, 6) is -0.847. The van der Waals surface area contributed by atoms with Crippen LogP contribution in [0.1, 0.15) is 58.7 Å². The summed E-state index contributed by atoms with van der Waals surface area (Å²) in [6.45, 7) is 12.1. The van der Waals surface area contributed by atoms with Crippen LogP contribution in [-0.4, -0.2) is 72.7 Å². The molecule has 0 bridgehead atoms. The van der Waals surface area contributed by atoms with E-state index < -0.39 is 5.97 Å². The number of nitrogens with one attached hydrogen (secondary N) is 2. The van der Waals surface area contributed by atoms with Gasteiger partial charge in [-0.15, -0.1) is 0 Å². The van der Waals surface area contributed by atoms with Crippen molar-refractivity contribution in [2.75, 3.05) is 31.2 Å². The van der Waals surface area contributed by atoms with E-state index in [2.05, 4.69) is 27.0 Å². The Hall–Kier alpha value is -2.44. The van der Waals surface area contributed by atoms with Crippen molar-refractivity contribution >= 4 is 75.6 Å².